The van der Waals surface area contributed by atoms with Gasteiger partial charge in [0.05, 0.1) is 6.54 Å². The highest BCUT2D eigenvalue weighted by Crippen LogP contribution is 2.11. The lowest BCUT2D eigenvalue weighted by molar-refractivity contribution is -0.130. The number of likely N-dealkylation sites (tertiary alicyclic amines) is 1. The molecule has 0 bridgehead atoms. The van der Waals surface area contributed by atoms with Gasteiger partial charge in [-0.25, -0.2) is 0 Å². The third-order valence-corrected chi connectivity index (χ3v) is 5.42. The number of carbonyl (C=O) groups is 1. The molecule has 1 aliphatic rings. The number of rotatable bonds is 10. The smallest absolute Gasteiger partial charge is 0.222 e. The molecule has 0 aromatic heterocycles. The molecule has 2 N–H and O–H groups in total. The lowest BCUT2D eigenvalue weighted by atomic mass is 10.1. The Morgan fingerprint density at radius 1 is 1.17 bits per heavy atom. The maximum atomic E-state index is 12.1. The molecule has 0 spiro atoms. The van der Waals surface area contributed by atoms with E-state index >= 15 is 0 Å². The Morgan fingerprint density at radius 3 is 2.69 bits per heavy atom. The van der Waals surface area contributed by atoms with Crippen LogP contribution in [0.3, 0.4) is 0 Å². The number of guanidine groups is 1. The molecular formula is C23H39N5O. The molecule has 1 aromatic carbocycles. The monoisotopic (exact) mass is 401 g/mol. The molecule has 2 rings (SSSR count). The SMILES string of the molecule is CCNC(=NCC(Cc1ccccc1)N(C)C)NCCCN1CCCCCC1=O. The number of benzene rings is 1. The maximum absolute atomic E-state index is 12.1. The first-order valence-electron chi connectivity index (χ1n) is 11.1. The van der Waals surface area contributed by atoms with E-state index < -0.39 is 0 Å². The number of carbonyl (C=O) groups excluding carboxylic acids is 1. The molecule has 1 aromatic rings. The third-order valence-electron chi connectivity index (χ3n) is 5.42. The van der Waals surface area contributed by atoms with E-state index in [-0.39, 0.29) is 0 Å². The van der Waals surface area contributed by atoms with Crippen LogP contribution in [-0.4, -0.2) is 74.5 Å². The molecule has 0 aliphatic carbocycles. The first kappa shape index (κ1) is 23.2. The second-order valence-electron chi connectivity index (χ2n) is 8.00. The zero-order chi connectivity index (χ0) is 20.9. The van der Waals surface area contributed by atoms with Gasteiger partial charge in [-0.05, 0) is 52.3 Å². The van der Waals surface area contributed by atoms with Crippen molar-refractivity contribution >= 4 is 11.9 Å². The molecule has 1 saturated heterocycles. The first-order valence-corrected chi connectivity index (χ1v) is 11.1. The fourth-order valence-electron chi connectivity index (χ4n) is 3.59. The van der Waals surface area contributed by atoms with E-state index in [0.717, 1.165) is 64.4 Å². The zero-order valence-electron chi connectivity index (χ0n) is 18.5. The van der Waals surface area contributed by atoms with Gasteiger partial charge in [-0.15, -0.1) is 0 Å². The molecule has 1 unspecified atom stereocenters. The minimum atomic E-state index is 0.317. The van der Waals surface area contributed by atoms with Crippen LogP contribution in [-0.2, 0) is 11.2 Å². The molecule has 6 nitrogen and oxygen atoms in total. The molecule has 1 amide bonds. The van der Waals surface area contributed by atoms with Crippen LogP contribution in [0.2, 0.25) is 0 Å². The standard InChI is InChI=1S/C23H39N5O/c1-4-24-23(25-15-11-17-28-16-10-6-9-14-22(28)29)26-19-21(27(2)3)18-20-12-7-5-8-13-20/h5,7-8,12-13,21H,4,6,9-11,14-19H2,1-3H3,(H2,24,25,26). The Hall–Kier alpha value is -2.08. The Morgan fingerprint density at radius 2 is 1.97 bits per heavy atom. The largest absolute Gasteiger partial charge is 0.357 e. The lowest BCUT2D eigenvalue weighted by Crippen LogP contribution is -2.41. The van der Waals surface area contributed by atoms with E-state index in [2.05, 4.69) is 66.9 Å². The summed E-state index contributed by atoms with van der Waals surface area (Å²) < 4.78 is 0. The summed E-state index contributed by atoms with van der Waals surface area (Å²) in [6.07, 6.45) is 5.99. The molecule has 0 saturated carbocycles. The van der Waals surface area contributed by atoms with Gasteiger partial charge in [0.2, 0.25) is 5.91 Å². The van der Waals surface area contributed by atoms with Crippen molar-refractivity contribution in [3.63, 3.8) is 0 Å². The summed E-state index contributed by atoms with van der Waals surface area (Å²) in [7, 11) is 4.23. The summed E-state index contributed by atoms with van der Waals surface area (Å²) in [5, 5.41) is 6.77. The number of hydrogen-bond acceptors (Lipinski definition) is 3. The van der Waals surface area contributed by atoms with Crippen LogP contribution in [0.15, 0.2) is 35.3 Å². The average Bonchev–Trinajstić information content (AvgIpc) is 2.92. The quantitative estimate of drug-likeness (QED) is 0.359. The van der Waals surface area contributed by atoms with Gasteiger partial charge in [0.15, 0.2) is 5.96 Å². The number of hydrogen-bond donors (Lipinski definition) is 2. The highest BCUT2D eigenvalue weighted by atomic mass is 16.2. The van der Waals surface area contributed by atoms with E-state index in [1.807, 2.05) is 4.90 Å². The Bertz CT molecular complexity index is 617. The summed E-state index contributed by atoms with van der Waals surface area (Å²) in [6, 6.07) is 10.9. The van der Waals surface area contributed by atoms with Gasteiger partial charge in [0.1, 0.15) is 0 Å². The predicted molar refractivity (Wildman–Crippen MR) is 121 cm³/mol. The van der Waals surface area contributed by atoms with E-state index in [4.69, 9.17) is 4.99 Å². The van der Waals surface area contributed by atoms with E-state index in [1.54, 1.807) is 0 Å². The number of nitrogens with one attached hydrogen (secondary N) is 2. The van der Waals surface area contributed by atoms with Gasteiger partial charge >= 0.3 is 0 Å². The number of aliphatic imine (C=N–C) groups is 1. The highest BCUT2D eigenvalue weighted by Gasteiger charge is 2.16. The van der Waals surface area contributed by atoms with Gasteiger partial charge in [0.25, 0.3) is 0 Å². The van der Waals surface area contributed by atoms with Gasteiger partial charge in [-0.1, -0.05) is 36.8 Å². The summed E-state index contributed by atoms with van der Waals surface area (Å²) in [6.45, 7) is 6.22. The minimum absolute atomic E-state index is 0.317. The van der Waals surface area contributed by atoms with Crippen molar-refractivity contribution in [2.75, 3.05) is 46.8 Å². The molecule has 1 atom stereocenters. The number of likely N-dealkylation sites (N-methyl/N-ethyl adjacent to an activating group) is 1. The second kappa shape index (κ2) is 13.2. The average molecular weight is 402 g/mol. The maximum Gasteiger partial charge on any atom is 0.222 e. The Labute approximate surface area is 176 Å². The Balaban J connectivity index is 1.81. The normalized spacial score (nSPS) is 16.6. The summed E-state index contributed by atoms with van der Waals surface area (Å²) in [4.78, 5) is 21.2. The van der Waals surface area contributed by atoms with Crippen molar-refractivity contribution in [3.8, 4) is 0 Å². The molecule has 1 heterocycles. The molecule has 1 aliphatic heterocycles. The van der Waals surface area contributed by atoms with Crippen LogP contribution in [0.1, 0.15) is 44.6 Å². The minimum Gasteiger partial charge on any atom is -0.357 e. The molecule has 29 heavy (non-hydrogen) atoms. The molecular weight excluding hydrogens is 362 g/mol. The summed E-state index contributed by atoms with van der Waals surface area (Å²) in [5.41, 5.74) is 1.33. The highest BCUT2D eigenvalue weighted by molar-refractivity contribution is 5.79. The fraction of sp³-hybridized carbons (Fsp3) is 0.652. The van der Waals surface area contributed by atoms with Crippen LogP contribution in [0.5, 0.6) is 0 Å². The van der Waals surface area contributed by atoms with E-state index in [1.165, 1.54) is 12.0 Å². The van der Waals surface area contributed by atoms with Crippen LogP contribution < -0.4 is 10.6 Å². The molecule has 6 heteroatoms. The molecule has 162 valence electrons. The van der Waals surface area contributed by atoms with E-state index in [0.29, 0.717) is 18.4 Å². The topological polar surface area (TPSA) is 60.0 Å². The van der Waals surface area contributed by atoms with Crippen LogP contribution in [0.4, 0.5) is 0 Å². The lowest BCUT2D eigenvalue weighted by Gasteiger charge is -2.23. The van der Waals surface area contributed by atoms with Crippen LogP contribution in [0, 0.1) is 0 Å². The van der Waals surface area contributed by atoms with Crippen molar-refractivity contribution in [3.05, 3.63) is 35.9 Å². The number of nitrogens with zero attached hydrogens (tertiary/aromatic N) is 3. The van der Waals surface area contributed by atoms with Crippen molar-refractivity contribution in [1.82, 2.24) is 20.4 Å². The van der Waals surface area contributed by atoms with Gasteiger partial charge < -0.3 is 20.4 Å². The van der Waals surface area contributed by atoms with Crippen molar-refractivity contribution in [2.45, 2.75) is 51.5 Å². The zero-order valence-corrected chi connectivity index (χ0v) is 18.5. The van der Waals surface area contributed by atoms with Gasteiger partial charge in [0, 0.05) is 38.6 Å². The fourth-order valence-corrected chi connectivity index (χ4v) is 3.59. The van der Waals surface area contributed by atoms with Gasteiger partial charge in [-0.3, -0.25) is 9.79 Å². The third kappa shape index (κ3) is 8.86. The first-order chi connectivity index (χ1) is 14.1. The molecule has 0 radical (unpaired) electrons. The summed E-state index contributed by atoms with van der Waals surface area (Å²) in [5.74, 6) is 1.17. The number of amides is 1. The van der Waals surface area contributed by atoms with Crippen molar-refractivity contribution in [2.24, 2.45) is 4.99 Å². The predicted octanol–water partition coefficient (Wildman–Crippen LogP) is 2.51. The summed E-state index contributed by atoms with van der Waals surface area (Å²) >= 11 is 0. The Kier molecular flexibility index (Phi) is 10.6. The van der Waals surface area contributed by atoms with Crippen molar-refractivity contribution < 1.29 is 4.79 Å². The van der Waals surface area contributed by atoms with Crippen LogP contribution in [0.25, 0.3) is 0 Å². The van der Waals surface area contributed by atoms with E-state index in [9.17, 15) is 4.79 Å². The second-order valence-corrected chi connectivity index (χ2v) is 8.00. The van der Waals surface area contributed by atoms with Gasteiger partial charge in [-0.2, -0.15) is 0 Å². The van der Waals surface area contributed by atoms with Crippen molar-refractivity contribution in [1.29, 1.82) is 0 Å². The van der Waals surface area contributed by atoms with Crippen LogP contribution >= 0.6 is 0 Å². The molecule has 1 fully saturated rings.